The average molecular weight is 393 g/mol. The van der Waals surface area contributed by atoms with Gasteiger partial charge in [0.1, 0.15) is 0 Å². The highest BCUT2D eigenvalue weighted by atomic mass is 16.3. The van der Waals surface area contributed by atoms with Crippen molar-refractivity contribution in [2.75, 3.05) is 4.90 Å². The number of pyridine rings is 1. The number of unbranched alkanes of at least 4 members (excludes halogenated alkanes) is 1. The van der Waals surface area contributed by atoms with E-state index in [0.29, 0.717) is 17.1 Å². The molecule has 0 amide bonds. The van der Waals surface area contributed by atoms with Crippen LogP contribution >= 0.6 is 0 Å². The number of hydrogen-bond acceptors (Lipinski definition) is 4. The molecule has 0 radical (unpaired) electrons. The Labute approximate surface area is 176 Å². The quantitative estimate of drug-likeness (QED) is 0.366. The van der Waals surface area contributed by atoms with Crippen LogP contribution in [-0.2, 0) is 0 Å². The first-order valence-electron chi connectivity index (χ1n) is 10.4. The Kier molecular flexibility index (Phi) is 4.89. The van der Waals surface area contributed by atoms with Gasteiger partial charge in [0.15, 0.2) is 11.2 Å². The molecule has 0 unspecified atom stereocenters. The number of benzene rings is 2. The Balaban J connectivity index is 1.66. The van der Waals surface area contributed by atoms with Crippen molar-refractivity contribution in [2.24, 2.45) is 0 Å². The summed E-state index contributed by atoms with van der Waals surface area (Å²) in [4.78, 5) is 11.2. The molecular weight excluding hydrogens is 370 g/mol. The summed E-state index contributed by atoms with van der Waals surface area (Å²) in [6.45, 7) is 2.23. The zero-order chi connectivity index (χ0) is 20.3. The fraction of sp³-hybridized carbons (Fsp3) is 0.154. The van der Waals surface area contributed by atoms with Crippen LogP contribution in [0.3, 0.4) is 0 Å². The van der Waals surface area contributed by atoms with Crippen molar-refractivity contribution >= 4 is 34.3 Å². The van der Waals surface area contributed by atoms with E-state index in [0.717, 1.165) is 30.4 Å². The number of allylic oxidation sites excluding steroid dienone is 3. The van der Waals surface area contributed by atoms with Crippen LogP contribution in [0.15, 0.2) is 89.1 Å². The topological polar surface area (TPSA) is 42.2 Å². The number of aromatic nitrogens is 2. The third-order valence-corrected chi connectivity index (χ3v) is 5.33. The standard InChI is InChI=1S/C26H23N3O/c1-2-3-10-21-17-19(18-25-28-26-24(30-25)15-9-16-27-26)22-13-7-8-14-23(22)29(21)20-11-5-4-6-12-20/h4-9,11-18H,2-3,10H2,1H3/b19-18+. The van der Waals surface area contributed by atoms with Crippen molar-refractivity contribution in [1.82, 2.24) is 9.97 Å². The van der Waals surface area contributed by atoms with Gasteiger partial charge in [-0.15, -0.1) is 0 Å². The van der Waals surface area contributed by atoms with Gasteiger partial charge in [-0.05, 0) is 54.8 Å². The van der Waals surface area contributed by atoms with Crippen LogP contribution in [0.25, 0.3) is 22.9 Å². The number of hydrogen-bond donors (Lipinski definition) is 0. The molecule has 1 aliphatic rings. The maximum Gasteiger partial charge on any atom is 0.222 e. The van der Waals surface area contributed by atoms with Crippen molar-refractivity contribution in [3.05, 3.63) is 96.2 Å². The van der Waals surface area contributed by atoms with Gasteiger partial charge in [0, 0.05) is 29.2 Å². The lowest BCUT2D eigenvalue weighted by molar-refractivity contribution is 0.589. The summed E-state index contributed by atoms with van der Waals surface area (Å²) in [5.74, 6) is 0.577. The van der Waals surface area contributed by atoms with E-state index >= 15 is 0 Å². The fourth-order valence-electron chi connectivity index (χ4n) is 3.91. The molecule has 0 saturated carbocycles. The molecule has 5 rings (SSSR count). The van der Waals surface area contributed by atoms with Gasteiger partial charge >= 0.3 is 0 Å². The number of para-hydroxylation sites is 2. The third kappa shape index (κ3) is 3.41. The van der Waals surface area contributed by atoms with Crippen LogP contribution in [-0.4, -0.2) is 9.97 Å². The average Bonchev–Trinajstić information content (AvgIpc) is 3.20. The summed E-state index contributed by atoms with van der Waals surface area (Å²) in [5.41, 5.74) is 7.24. The van der Waals surface area contributed by atoms with E-state index in [9.17, 15) is 0 Å². The summed E-state index contributed by atoms with van der Waals surface area (Å²) in [7, 11) is 0. The first-order valence-corrected chi connectivity index (χ1v) is 10.4. The molecule has 2 aromatic carbocycles. The molecule has 0 fully saturated rings. The van der Waals surface area contributed by atoms with Gasteiger partial charge in [-0.1, -0.05) is 49.7 Å². The second kappa shape index (κ2) is 7.99. The highest BCUT2D eigenvalue weighted by molar-refractivity contribution is 5.97. The van der Waals surface area contributed by atoms with E-state index in [1.165, 1.54) is 17.1 Å². The monoisotopic (exact) mass is 393 g/mol. The highest BCUT2D eigenvalue weighted by Crippen LogP contribution is 2.42. The van der Waals surface area contributed by atoms with Crippen LogP contribution in [0.5, 0.6) is 0 Å². The molecule has 3 heterocycles. The number of nitrogens with zero attached hydrogens (tertiary/aromatic N) is 3. The van der Waals surface area contributed by atoms with Crippen LogP contribution in [0, 0.1) is 0 Å². The summed E-state index contributed by atoms with van der Waals surface area (Å²) >= 11 is 0. The van der Waals surface area contributed by atoms with Crippen LogP contribution in [0.2, 0.25) is 0 Å². The van der Waals surface area contributed by atoms with Gasteiger partial charge in [0.2, 0.25) is 5.89 Å². The smallest absolute Gasteiger partial charge is 0.222 e. The number of rotatable bonds is 5. The first-order chi connectivity index (χ1) is 14.8. The molecule has 30 heavy (non-hydrogen) atoms. The van der Waals surface area contributed by atoms with Gasteiger partial charge in [0.25, 0.3) is 0 Å². The fourth-order valence-corrected chi connectivity index (χ4v) is 3.91. The zero-order valence-electron chi connectivity index (χ0n) is 17.0. The minimum absolute atomic E-state index is 0.577. The number of oxazole rings is 1. The molecule has 0 aliphatic carbocycles. The van der Waals surface area contributed by atoms with E-state index in [1.807, 2.05) is 18.2 Å². The van der Waals surface area contributed by atoms with E-state index in [1.54, 1.807) is 6.20 Å². The number of anilines is 2. The van der Waals surface area contributed by atoms with Gasteiger partial charge in [-0.3, -0.25) is 0 Å². The van der Waals surface area contributed by atoms with E-state index in [2.05, 4.69) is 82.5 Å². The minimum Gasteiger partial charge on any atom is -0.435 e. The molecule has 2 aromatic heterocycles. The largest absolute Gasteiger partial charge is 0.435 e. The summed E-state index contributed by atoms with van der Waals surface area (Å²) < 4.78 is 5.92. The minimum atomic E-state index is 0.577. The van der Waals surface area contributed by atoms with Gasteiger partial charge < -0.3 is 9.32 Å². The molecule has 4 nitrogen and oxygen atoms in total. The van der Waals surface area contributed by atoms with Gasteiger partial charge in [-0.25, -0.2) is 4.98 Å². The number of fused-ring (bicyclic) bond motifs is 2. The lowest BCUT2D eigenvalue weighted by Gasteiger charge is -2.34. The molecule has 0 bridgehead atoms. The Hall–Kier alpha value is -3.66. The first kappa shape index (κ1) is 18.4. The lowest BCUT2D eigenvalue weighted by atomic mass is 9.94. The molecule has 0 atom stereocenters. The SMILES string of the molecule is CCCCC1=C/C(=C\c2nc3ncccc3o2)c2ccccc2N1c1ccccc1. The van der Waals surface area contributed by atoms with Crippen LogP contribution < -0.4 is 4.90 Å². The Bertz CT molecular complexity index is 1200. The van der Waals surface area contributed by atoms with Crippen molar-refractivity contribution in [1.29, 1.82) is 0 Å². The summed E-state index contributed by atoms with van der Waals surface area (Å²) in [6.07, 6.45) is 9.32. The van der Waals surface area contributed by atoms with E-state index < -0.39 is 0 Å². The Morgan fingerprint density at radius 1 is 0.967 bits per heavy atom. The van der Waals surface area contributed by atoms with Gasteiger partial charge in [-0.2, -0.15) is 4.98 Å². The Morgan fingerprint density at radius 2 is 1.80 bits per heavy atom. The van der Waals surface area contributed by atoms with Gasteiger partial charge in [0.05, 0.1) is 5.69 Å². The predicted octanol–water partition coefficient (Wildman–Crippen LogP) is 6.99. The molecule has 148 valence electrons. The van der Waals surface area contributed by atoms with Crippen LogP contribution in [0.1, 0.15) is 37.6 Å². The second-order valence-electron chi connectivity index (χ2n) is 7.40. The molecular formula is C26H23N3O. The van der Waals surface area contributed by atoms with Crippen molar-refractivity contribution in [3.63, 3.8) is 0 Å². The van der Waals surface area contributed by atoms with Crippen LogP contribution in [0.4, 0.5) is 11.4 Å². The van der Waals surface area contributed by atoms with Crippen molar-refractivity contribution in [2.45, 2.75) is 26.2 Å². The lowest BCUT2D eigenvalue weighted by Crippen LogP contribution is -2.21. The Morgan fingerprint density at radius 3 is 2.63 bits per heavy atom. The maximum atomic E-state index is 5.92. The summed E-state index contributed by atoms with van der Waals surface area (Å²) in [6, 6.07) is 22.8. The third-order valence-electron chi connectivity index (χ3n) is 5.33. The normalized spacial score (nSPS) is 14.8. The highest BCUT2D eigenvalue weighted by Gasteiger charge is 2.24. The van der Waals surface area contributed by atoms with Crippen molar-refractivity contribution in [3.8, 4) is 0 Å². The zero-order valence-corrected chi connectivity index (χ0v) is 17.0. The molecule has 1 aliphatic heterocycles. The summed E-state index contributed by atoms with van der Waals surface area (Å²) in [5, 5.41) is 0. The molecule has 0 N–H and O–H groups in total. The molecule has 4 heteroatoms. The predicted molar refractivity (Wildman–Crippen MR) is 122 cm³/mol. The van der Waals surface area contributed by atoms with Crippen molar-refractivity contribution < 1.29 is 4.42 Å². The molecule has 4 aromatic rings. The van der Waals surface area contributed by atoms with E-state index in [-0.39, 0.29) is 0 Å². The maximum absolute atomic E-state index is 5.92. The molecule has 0 spiro atoms. The second-order valence-corrected chi connectivity index (χ2v) is 7.40. The molecule has 0 saturated heterocycles. The van der Waals surface area contributed by atoms with E-state index in [4.69, 9.17) is 4.42 Å².